The molecule has 1 fully saturated rings. The van der Waals surface area contributed by atoms with E-state index in [0.29, 0.717) is 0 Å². The van der Waals surface area contributed by atoms with Crippen molar-refractivity contribution in [3.8, 4) is 0 Å². The van der Waals surface area contributed by atoms with Crippen LogP contribution < -0.4 is 0 Å². The van der Waals surface area contributed by atoms with Crippen LogP contribution >= 0.6 is 0 Å². The van der Waals surface area contributed by atoms with Gasteiger partial charge in [0, 0.05) is 18.9 Å². The minimum absolute atomic E-state index is 0.108. The minimum atomic E-state index is -0.698. The van der Waals surface area contributed by atoms with Gasteiger partial charge >= 0.3 is 5.97 Å². The van der Waals surface area contributed by atoms with E-state index in [-0.39, 0.29) is 11.8 Å². The van der Waals surface area contributed by atoms with Crippen LogP contribution in [0.25, 0.3) is 0 Å². The summed E-state index contributed by atoms with van der Waals surface area (Å²) in [6.07, 6.45) is 5.27. The summed E-state index contributed by atoms with van der Waals surface area (Å²) in [7, 11) is 0. The van der Waals surface area contributed by atoms with E-state index < -0.39 is 5.97 Å². The summed E-state index contributed by atoms with van der Waals surface area (Å²) in [5.41, 5.74) is 0. The summed E-state index contributed by atoms with van der Waals surface area (Å²) in [5.74, 6) is 1.14. The lowest BCUT2D eigenvalue weighted by atomic mass is 10.2. The molecule has 0 radical (unpaired) electrons. The van der Waals surface area contributed by atoms with Crippen molar-refractivity contribution in [2.24, 2.45) is 5.92 Å². The summed E-state index contributed by atoms with van der Waals surface area (Å²) in [4.78, 5) is 10.8. The predicted octanol–water partition coefficient (Wildman–Crippen LogP) is 1.19. The van der Waals surface area contributed by atoms with Crippen LogP contribution in [0.1, 0.15) is 43.3 Å². The molecule has 0 spiro atoms. The first-order chi connectivity index (χ1) is 7.77. The number of hydrogen-bond donors (Lipinski definition) is 1. The van der Waals surface area contributed by atoms with E-state index in [9.17, 15) is 4.79 Å². The third-order valence-corrected chi connectivity index (χ3v) is 3.58. The van der Waals surface area contributed by atoms with Crippen LogP contribution in [-0.2, 0) is 17.8 Å². The average molecular weight is 221 g/mol. The molecule has 1 aliphatic heterocycles. The van der Waals surface area contributed by atoms with E-state index in [4.69, 9.17) is 5.11 Å². The van der Waals surface area contributed by atoms with Gasteiger partial charge in [0.15, 0.2) is 0 Å². The Hall–Kier alpha value is -1.39. The van der Waals surface area contributed by atoms with E-state index in [1.54, 1.807) is 0 Å². The van der Waals surface area contributed by atoms with E-state index in [1.807, 2.05) is 0 Å². The normalized spacial score (nSPS) is 28.2. The highest BCUT2D eigenvalue weighted by Crippen LogP contribution is 2.47. The Bertz CT molecular complexity index is 427. The lowest BCUT2D eigenvalue weighted by Crippen LogP contribution is -2.07. The van der Waals surface area contributed by atoms with Gasteiger partial charge in [0.25, 0.3) is 0 Å². The Morgan fingerprint density at radius 3 is 2.94 bits per heavy atom. The molecule has 2 heterocycles. The molecular weight excluding hydrogens is 206 g/mol. The number of carboxylic acid groups (broad SMARTS) is 1. The van der Waals surface area contributed by atoms with Gasteiger partial charge in [0.2, 0.25) is 0 Å². The molecule has 1 saturated carbocycles. The van der Waals surface area contributed by atoms with Crippen molar-refractivity contribution >= 4 is 5.97 Å². The van der Waals surface area contributed by atoms with Crippen molar-refractivity contribution < 1.29 is 9.90 Å². The molecule has 1 aromatic heterocycles. The lowest BCUT2D eigenvalue weighted by Gasteiger charge is -2.05. The average Bonchev–Trinajstić information content (AvgIpc) is 3.01. The molecular formula is C11H15N3O2. The van der Waals surface area contributed by atoms with E-state index in [0.717, 1.165) is 37.5 Å². The maximum absolute atomic E-state index is 10.8. The van der Waals surface area contributed by atoms with Crippen LogP contribution in [0.2, 0.25) is 0 Å². The zero-order chi connectivity index (χ0) is 11.1. The Morgan fingerprint density at radius 1 is 1.31 bits per heavy atom. The highest BCUT2D eigenvalue weighted by Gasteiger charge is 2.47. The molecule has 0 bridgehead atoms. The highest BCUT2D eigenvalue weighted by molar-refractivity contribution is 5.74. The van der Waals surface area contributed by atoms with Crippen LogP contribution in [0.15, 0.2) is 0 Å². The van der Waals surface area contributed by atoms with Gasteiger partial charge in [0.05, 0.1) is 5.92 Å². The number of hydrogen-bond acceptors (Lipinski definition) is 3. The first-order valence-corrected chi connectivity index (χ1v) is 5.92. The molecule has 0 aromatic carbocycles. The topological polar surface area (TPSA) is 68.0 Å². The highest BCUT2D eigenvalue weighted by atomic mass is 16.4. The third kappa shape index (κ3) is 1.50. The van der Waals surface area contributed by atoms with Gasteiger partial charge < -0.3 is 9.67 Å². The number of carbonyl (C=O) groups is 1. The smallest absolute Gasteiger partial charge is 0.307 e. The van der Waals surface area contributed by atoms with Crippen molar-refractivity contribution in [2.45, 2.75) is 44.6 Å². The fraction of sp³-hybridized carbons (Fsp3) is 0.727. The molecule has 0 saturated heterocycles. The molecule has 5 heteroatoms. The monoisotopic (exact) mass is 221 g/mol. The largest absolute Gasteiger partial charge is 0.481 e. The standard InChI is InChI=1S/C11H15N3O2/c15-11(16)8-6-7(8)10-13-12-9-4-2-1-3-5-14(9)10/h7-8H,1-6H2,(H,15,16). The number of nitrogens with zero attached hydrogens (tertiary/aromatic N) is 3. The number of fused-ring (bicyclic) bond motifs is 1. The molecule has 2 atom stereocenters. The number of carboxylic acids is 1. The van der Waals surface area contributed by atoms with Gasteiger partial charge in [-0.1, -0.05) is 6.42 Å². The minimum Gasteiger partial charge on any atom is -0.481 e. The molecule has 1 N–H and O–H groups in total. The van der Waals surface area contributed by atoms with E-state index in [2.05, 4.69) is 14.8 Å². The van der Waals surface area contributed by atoms with Crippen molar-refractivity contribution in [1.82, 2.24) is 14.8 Å². The maximum atomic E-state index is 10.8. The lowest BCUT2D eigenvalue weighted by molar-refractivity contribution is -0.138. The molecule has 5 nitrogen and oxygen atoms in total. The molecule has 0 amide bonds. The summed E-state index contributed by atoms with van der Waals surface area (Å²) < 4.78 is 2.15. The van der Waals surface area contributed by atoms with Crippen LogP contribution in [-0.4, -0.2) is 25.8 Å². The Balaban J connectivity index is 1.86. The summed E-state index contributed by atoms with van der Waals surface area (Å²) in [5, 5.41) is 17.3. The fourth-order valence-corrected chi connectivity index (χ4v) is 2.54. The SMILES string of the molecule is O=C(O)C1CC1c1nnc2n1CCCCC2. The van der Waals surface area contributed by atoms with Crippen LogP contribution in [0.3, 0.4) is 0 Å². The van der Waals surface area contributed by atoms with Gasteiger partial charge in [-0.25, -0.2) is 0 Å². The van der Waals surface area contributed by atoms with E-state index >= 15 is 0 Å². The van der Waals surface area contributed by atoms with Crippen molar-refractivity contribution in [3.63, 3.8) is 0 Å². The molecule has 1 aromatic rings. The molecule has 2 aliphatic rings. The molecule has 2 unspecified atom stereocenters. The summed E-state index contributed by atoms with van der Waals surface area (Å²) in [6.45, 7) is 0.959. The number of aliphatic carboxylic acids is 1. The molecule has 3 rings (SSSR count). The van der Waals surface area contributed by atoms with E-state index in [1.165, 1.54) is 12.8 Å². The number of aromatic nitrogens is 3. The quantitative estimate of drug-likeness (QED) is 0.814. The molecule has 86 valence electrons. The predicted molar refractivity (Wildman–Crippen MR) is 56.1 cm³/mol. The number of aryl methyl sites for hydroxylation is 1. The Kier molecular flexibility index (Phi) is 2.19. The second kappa shape index (κ2) is 3.57. The molecule has 1 aliphatic carbocycles. The van der Waals surface area contributed by atoms with Gasteiger partial charge in [-0.2, -0.15) is 0 Å². The van der Waals surface area contributed by atoms with Crippen molar-refractivity contribution in [1.29, 1.82) is 0 Å². The van der Waals surface area contributed by atoms with Gasteiger partial charge in [-0.15, -0.1) is 10.2 Å². The second-order valence-corrected chi connectivity index (χ2v) is 4.72. The first-order valence-electron chi connectivity index (χ1n) is 5.92. The third-order valence-electron chi connectivity index (χ3n) is 3.58. The maximum Gasteiger partial charge on any atom is 0.307 e. The molecule has 16 heavy (non-hydrogen) atoms. The van der Waals surface area contributed by atoms with Crippen LogP contribution in [0, 0.1) is 5.92 Å². The summed E-state index contributed by atoms with van der Waals surface area (Å²) >= 11 is 0. The number of rotatable bonds is 2. The summed E-state index contributed by atoms with van der Waals surface area (Å²) in [6, 6.07) is 0. The van der Waals surface area contributed by atoms with Crippen molar-refractivity contribution in [3.05, 3.63) is 11.6 Å². The van der Waals surface area contributed by atoms with Gasteiger partial charge in [-0.3, -0.25) is 4.79 Å². The Morgan fingerprint density at radius 2 is 2.19 bits per heavy atom. The van der Waals surface area contributed by atoms with Gasteiger partial charge in [0.1, 0.15) is 11.6 Å². The van der Waals surface area contributed by atoms with Crippen LogP contribution in [0.4, 0.5) is 0 Å². The zero-order valence-corrected chi connectivity index (χ0v) is 9.09. The Labute approximate surface area is 93.5 Å². The second-order valence-electron chi connectivity index (χ2n) is 4.72. The first kappa shape index (κ1) is 9.81. The zero-order valence-electron chi connectivity index (χ0n) is 9.09. The fourth-order valence-electron chi connectivity index (χ4n) is 2.54. The van der Waals surface area contributed by atoms with Crippen molar-refractivity contribution in [2.75, 3.05) is 0 Å². The van der Waals surface area contributed by atoms with Crippen LogP contribution in [0.5, 0.6) is 0 Å². The van der Waals surface area contributed by atoms with Gasteiger partial charge in [-0.05, 0) is 19.3 Å².